The molecule has 2 amide bonds. The molecule has 0 radical (unpaired) electrons. The summed E-state index contributed by atoms with van der Waals surface area (Å²) in [6, 6.07) is 9.34. The van der Waals surface area contributed by atoms with Crippen molar-refractivity contribution < 1.29 is 18.7 Å². The zero-order valence-electron chi connectivity index (χ0n) is 20.8. The van der Waals surface area contributed by atoms with Crippen LogP contribution in [0, 0.1) is 12.7 Å². The monoisotopic (exact) mass is 602 g/mol. The van der Waals surface area contributed by atoms with Gasteiger partial charge < -0.3 is 9.64 Å². The lowest BCUT2D eigenvalue weighted by Crippen LogP contribution is -2.48. The van der Waals surface area contributed by atoms with Crippen molar-refractivity contribution in [3.8, 4) is 0 Å². The van der Waals surface area contributed by atoms with Crippen molar-refractivity contribution in [3.05, 3.63) is 74.7 Å². The largest absolute Gasteiger partial charge is 0.377 e. The molecule has 0 bridgehead atoms. The summed E-state index contributed by atoms with van der Waals surface area (Å²) >= 11 is 9.48. The van der Waals surface area contributed by atoms with Crippen molar-refractivity contribution in [2.75, 3.05) is 24.8 Å². The Morgan fingerprint density at radius 2 is 2.05 bits per heavy atom. The van der Waals surface area contributed by atoms with Gasteiger partial charge in [-0.15, -0.1) is 5.10 Å². The summed E-state index contributed by atoms with van der Waals surface area (Å²) in [6.45, 7) is 4.78. The summed E-state index contributed by atoms with van der Waals surface area (Å²) in [5, 5.41) is 14.8. The number of amides is 2. The van der Waals surface area contributed by atoms with Crippen LogP contribution in [0.1, 0.15) is 48.7 Å². The number of halogens is 3. The van der Waals surface area contributed by atoms with Crippen molar-refractivity contribution >= 4 is 50.7 Å². The minimum atomic E-state index is -0.472. The number of hydrogen-bond donors (Lipinski definition) is 0. The van der Waals surface area contributed by atoms with Gasteiger partial charge in [0.05, 0.1) is 35.6 Å². The van der Waals surface area contributed by atoms with Crippen LogP contribution in [0.3, 0.4) is 0 Å². The van der Waals surface area contributed by atoms with Gasteiger partial charge in [0.1, 0.15) is 23.3 Å². The predicted octanol–water partition coefficient (Wildman–Crippen LogP) is 4.83. The summed E-state index contributed by atoms with van der Waals surface area (Å²) in [5.74, 6) is -0.825. The van der Waals surface area contributed by atoms with Gasteiger partial charge in [-0.3, -0.25) is 9.59 Å². The maximum Gasteiger partial charge on any atom is 0.270 e. The number of benzene rings is 2. The van der Waals surface area contributed by atoms with Gasteiger partial charge in [-0.2, -0.15) is 5.10 Å². The van der Waals surface area contributed by atoms with Crippen LogP contribution in [-0.4, -0.2) is 57.2 Å². The van der Waals surface area contributed by atoms with E-state index in [4.69, 9.17) is 16.3 Å². The number of hydrogen-bond acceptors (Lipinski definition) is 6. The van der Waals surface area contributed by atoms with Gasteiger partial charge >= 0.3 is 0 Å². The van der Waals surface area contributed by atoms with Crippen LogP contribution in [-0.2, 0) is 14.3 Å². The number of aromatic nitrogens is 3. The van der Waals surface area contributed by atoms with E-state index in [-0.39, 0.29) is 48.8 Å². The normalized spacial score (nSPS) is 18.9. The summed E-state index contributed by atoms with van der Waals surface area (Å²) in [5.41, 5.74) is 3.09. The highest BCUT2D eigenvalue weighted by atomic mass is 79.9. The molecule has 198 valence electrons. The number of rotatable bonds is 5. The Morgan fingerprint density at radius 3 is 2.82 bits per heavy atom. The molecule has 2 aliphatic rings. The molecular formula is C26H25BrClFN6O3. The lowest BCUT2D eigenvalue weighted by Gasteiger charge is -2.35. The number of anilines is 1. The predicted molar refractivity (Wildman–Crippen MR) is 144 cm³/mol. The fourth-order valence-electron chi connectivity index (χ4n) is 4.44. The zero-order valence-corrected chi connectivity index (χ0v) is 23.1. The van der Waals surface area contributed by atoms with E-state index in [0.29, 0.717) is 34.0 Å². The number of carbonyl (C=O) groups excluding carboxylic acids is 2. The second-order valence-corrected chi connectivity index (χ2v) is 10.5. The van der Waals surface area contributed by atoms with Crippen LogP contribution in [0.15, 0.2) is 52.2 Å². The Hall–Kier alpha value is -3.15. The van der Waals surface area contributed by atoms with Gasteiger partial charge in [0.15, 0.2) is 0 Å². The van der Waals surface area contributed by atoms with E-state index in [9.17, 15) is 14.0 Å². The van der Waals surface area contributed by atoms with Crippen LogP contribution in [0.4, 0.5) is 10.1 Å². The molecule has 0 N–H and O–H groups in total. The first-order valence-electron chi connectivity index (χ1n) is 12.1. The molecule has 2 aromatic carbocycles. The van der Waals surface area contributed by atoms with E-state index in [0.717, 1.165) is 11.1 Å². The lowest BCUT2D eigenvalue weighted by atomic mass is 10.1. The SMILES string of the molecule is Cc1ccc(N2N=C(C(=O)N3CCOCC3c3cn([C@H](C)c4ccc(F)c(Br)c4)nn3)CCC2=O)cc1Cl. The summed E-state index contributed by atoms with van der Waals surface area (Å²) in [7, 11) is 0. The van der Waals surface area contributed by atoms with Crippen molar-refractivity contribution in [2.24, 2.45) is 5.10 Å². The molecule has 1 saturated heterocycles. The van der Waals surface area contributed by atoms with Crippen LogP contribution >= 0.6 is 27.5 Å². The molecule has 1 unspecified atom stereocenters. The molecule has 9 nitrogen and oxygen atoms in total. The second-order valence-electron chi connectivity index (χ2n) is 9.25. The Labute approximate surface area is 232 Å². The third-order valence-electron chi connectivity index (χ3n) is 6.76. The molecule has 3 aromatic rings. The molecule has 2 atom stereocenters. The molecular weight excluding hydrogens is 579 g/mol. The first-order valence-corrected chi connectivity index (χ1v) is 13.3. The standard InChI is InChI=1S/C26H25BrClFN6O3/c1-15-3-5-18(12-20(15)28)35-25(36)8-7-22(31-35)26(37)33-9-10-38-14-24(33)23-13-34(32-30-23)16(2)17-4-6-21(29)19(27)11-17/h3-6,11-13,16,24H,7-10,14H2,1-2H3/t16-,24?/m1/s1. The van der Waals surface area contributed by atoms with Crippen molar-refractivity contribution in [1.29, 1.82) is 0 Å². The minimum absolute atomic E-state index is 0.159. The van der Waals surface area contributed by atoms with Gasteiger partial charge in [-0.05, 0) is 65.2 Å². The van der Waals surface area contributed by atoms with E-state index >= 15 is 0 Å². The number of nitrogens with zero attached hydrogens (tertiary/aromatic N) is 6. The zero-order chi connectivity index (χ0) is 27.0. The maximum atomic E-state index is 13.7. The molecule has 38 heavy (non-hydrogen) atoms. The Kier molecular flexibility index (Phi) is 7.60. The molecule has 3 heterocycles. The number of carbonyl (C=O) groups is 2. The average Bonchev–Trinajstić information content (AvgIpc) is 3.41. The van der Waals surface area contributed by atoms with Gasteiger partial charge in [0.2, 0.25) is 5.91 Å². The van der Waals surface area contributed by atoms with Crippen LogP contribution < -0.4 is 5.01 Å². The number of morpholine rings is 1. The lowest BCUT2D eigenvalue weighted by molar-refractivity contribution is -0.133. The average molecular weight is 604 g/mol. The van der Waals surface area contributed by atoms with Gasteiger partial charge in [0.25, 0.3) is 5.91 Å². The van der Waals surface area contributed by atoms with E-state index in [1.165, 1.54) is 11.1 Å². The van der Waals surface area contributed by atoms with Gasteiger partial charge in [-0.25, -0.2) is 14.1 Å². The molecule has 12 heteroatoms. The van der Waals surface area contributed by atoms with E-state index in [2.05, 4.69) is 31.3 Å². The first-order chi connectivity index (χ1) is 18.2. The molecule has 0 aliphatic carbocycles. The number of aryl methyl sites for hydroxylation is 1. The highest BCUT2D eigenvalue weighted by Crippen LogP contribution is 2.29. The smallest absolute Gasteiger partial charge is 0.270 e. The van der Waals surface area contributed by atoms with Crippen LogP contribution in [0.5, 0.6) is 0 Å². The molecule has 1 fully saturated rings. The van der Waals surface area contributed by atoms with Gasteiger partial charge in [-0.1, -0.05) is 28.9 Å². The van der Waals surface area contributed by atoms with Crippen molar-refractivity contribution in [1.82, 2.24) is 19.9 Å². The number of ether oxygens (including phenoxy) is 1. The highest BCUT2D eigenvalue weighted by Gasteiger charge is 2.35. The van der Waals surface area contributed by atoms with E-state index < -0.39 is 6.04 Å². The van der Waals surface area contributed by atoms with E-state index in [1.54, 1.807) is 40.0 Å². The molecule has 0 saturated carbocycles. The molecule has 0 spiro atoms. The summed E-state index contributed by atoms with van der Waals surface area (Å²) in [6.07, 6.45) is 2.17. The Balaban J connectivity index is 1.39. The van der Waals surface area contributed by atoms with E-state index in [1.807, 2.05) is 19.9 Å². The third kappa shape index (κ3) is 5.23. The summed E-state index contributed by atoms with van der Waals surface area (Å²) < 4.78 is 21.4. The molecule has 2 aliphatic heterocycles. The summed E-state index contributed by atoms with van der Waals surface area (Å²) in [4.78, 5) is 28.0. The molecule has 5 rings (SSSR count). The minimum Gasteiger partial charge on any atom is -0.377 e. The maximum absolute atomic E-state index is 13.7. The van der Waals surface area contributed by atoms with Crippen LogP contribution in [0.2, 0.25) is 5.02 Å². The Morgan fingerprint density at radius 1 is 1.24 bits per heavy atom. The highest BCUT2D eigenvalue weighted by molar-refractivity contribution is 9.10. The van der Waals surface area contributed by atoms with Crippen molar-refractivity contribution in [3.63, 3.8) is 0 Å². The number of hydrazone groups is 1. The quantitative estimate of drug-likeness (QED) is 0.417. The fraction of sp³-hybridized carbons (Fsp3) is 0.346. The topological polar surface area (TPSA) is 92.9 Å². The van der Waals surface area contributed by atoms with Gasteiger partial charge in [0, 0.05) is 24.4 Å². The third-order valence-corrected chi connectivity index (χ3v) is 7.78. The second kappa shape index (κ2) is 10.9. The van der Waals surface area contributed by atoms with Crippen molar-refractivity contribution in [2.45, 2.75) is 38.8 Å². The fourth-order valence-corrected chi connectivity index (χ4v) is 5.01. The van der Waals surface area contributed by atoms with Crippen LogP contribution in [0.25, 0.3) is 0 Å². The Bertz CT molecular complexity index is 1430. The first kappa shape index (κ1) is 26.5. The molecule has 1 aromatic heterocycles.